The van der Waals surface area contributed by atoms with E-state index >= 15 is 0 Å². The molecule has 1 saturated carbocycles. The molecule has 0 atom stereocenters. The molecule has 2 aromatic carbocycles. The molecule has 2 aromatic rings. The molecule has 0 aromatic heterocycles. The minimum atomic E-state index is -0.391. The topological polar surface area (TPSA) is 45.7 Å². The van der Waals surface area contributed by atoms with Crippen LogP contribution in [0.4, 0.5) is 8.78 Å². The summed E-state index contributed by atoms with van der Waals surface area (Å²) in [5, 5.41) is 6.47. The van der Waals surface area contributed by atoms with E-state index < -0.39 is 5.82 Å². The Morgan fingerprint density at radius 1 is 1.15 bits per heavy atom. The monoisotopic (exact) mass is 359 g/mol. The summed E-state index contributed by atoms with van der Waals surface area (Å²) in [6, 6.07) is 11.6. The number of nitrogens with zero attached hydrogens (tertiary/aromatic N) is 1. The average Bonchev–Trinajstić information content (AvgIpc) is 3.43. The number of nitrogens with one attached hydrogen (secondary N) is 2. The first-order valence-electron chi connectivity index (χ1n) is 8.59. The van der Waals surface area contributed by atoms with Crippen LogP contribution in [0.25, 0.3) is 0 Å². The first kappa shape index (κ1) is 18.2. The SMILES string of the molecule is CN=C(NCc1ccc(OC)c(F)c1)NCC1(c2cccc(F)c2)CC1. The minimum Gasteiger partial charge on any atom is -0.494 e. The highest BCUT2D eigenvalue weighted by molar-refractivity contribution is 5.79. The summed E-state index contributed by atoms with van der Waals surface area (Å²) in [6.45, 7) is 1.11. The van der Waals surface area contributed by atoms with Crippen LogP contribution >= 0.6 is 0 Å². The maximum Gasteiger partial charge on any atom is 0.191 e. The van der Waals surface area contributed by atoms with Crippen molar-refractivity contribution in [3.63, 3.8) is 0 Å². The molecule has 138 valence electrons. The van der Waals surface area contributed by atoms with Crippen molar-refractivity contribution in [1.29, 1.82) is 0 Å². The summed E-state index contributed by atoms with van der Waals surface area (Å²) in [7, 11) is 3.13. The summed E-state index contributed by atoms with van der Waals surface area (Å²) in [5.41, 5.74) is 1.77. The number of aliphatic imine (C=N–C) groups is 1. The van der Waals surface area contributed by atoms with Crippen LogP contribution in [0.1, 0.15) is 24.0 Å². The number of guanidine groups is 1. The predicted molar refractivity (Wildman–Crippen MR) is 98.5 cm³/mol. The molecule has 0 radical (unpaired) electrons. The van der Waals surface area contributed by atoms with Crippen molar-refractivity contribution < 1.29 is 13.5 Å². The number of methoxy groups -OCH3 is 1. The summed E-state index contributed by atoms with van der Waals surface area (Å²) in [6.07, 6.45) is 2.04. The van der Waals surface area contributed by atoms with Crippen molar-refractivity contribution >= 4 is 5.96 Å². The lowest BCUT2D eigenvalue weighted by molar-refractivity contribution is 0.386. The molecule has 1 fully saturated rings. The lowest BCUT2D eigenvalue weighted by atomic mass is 9.96. The summed E-state index contributed by atoms with van der Waals surface area (Å²) < 4.78 is 32.2. The van der Waals surface area contributed by atoms with E-state index in [1.54, 1.807) is 31.3 Å². The Morgan fingerprint density at radius 3 is 2.58 bits per heavy atom. The van der Waals surface area contributed by atoms with Gasteiger partial charge in [-0.3, -0.25) is 4.99 Å². The molecule has 0 amide bonds. The molecule has 0 heterocycles. The third-order valence-electron chi connectivity index (χ3n) is 4.78. The molecule has 3 rings (SSSR count). The van der Waals surface area contributed by atoms with Gasteiger partial charge in [0.25, 0.3) is 0 Å². The van der Waals surface area contributed by atoms with Crippen molar-refractivity contribution in [2.75, 3.05) is 20.7 Å². The van der Waals surface area contributed by atoms with E-state index in [0.717, 1.165) is 24.0 Å². The molecule has 6 heteroatoms. The van der Waals surface area contributed by atoms with Gasteiger partial charge < -0.3 is 15.4 Å². The number of halogens is 2. The van der Waals surface area contributed by atoms with Gasteiger partial charge in [-0.25, -0.2) is 8.78 Å². The molecule has 1 aliphatic carbocycles. The highest BCUT2D eigenvalue weighted by Crippen LogP contribution is 2.47. The molecule has 0 bridgehead atoms. The third kappa shape index (κ3) is 4.12. The molecule has 1 aliphatic rings. The number of rotatable bonds is 6. The average molecular weight is 359 g/mol. The fourth-order valence-corrected chi connectivity index (χ4v) is 3.02. The van der Waals surface area contributed by atoms with Crippen molar-refractivity contribution in [3.8, 4) is 5.75 Å². The van der Waals surface area contributed by atoms with E-state index in [4.69, 9.17) is 4.74 Å². The lowest BCUT2D eigenvalue weighted by Crippen LogP contribution is -2.40. The van der Waals surface area contributed by atoms with Crippen LogP contribution in [0.15, 0.2) is 47.5 Å². The molecule has 0 aliphatic heterocycles. The van der Waals surface area contributed by atoms with E-state index in [9.17, 15) is 8.78 Å². The largest absolute Gasteiger partial charge is 0.494 e. The standard InChI is InChI=1S/C20H23F2N3O/c1-23-19(24-12-14-6-7-18(26-2)17(22)10-14)25-13-20(8-9-20)15-4-3-5-16(21)11-15/h3-7,10-11H,8-9,12-13H2,1-2H3,(H2,23,24,25). The molecule has 0 saturated heterocycles. The molecule has 2 N–H and O–H groups in total. The quantitative estimate of drug-likeness (QED) is 0.614. The normalized spacial score (nSPS) is 15.5. The number of hydrogen-bond donors (Lipinski definition) is 2. The van der Waals surface area contributed by atoms with Crippen LogP contribution in [0.3, 0.4) is 0 Å². The fraction of sp³-hybridized carbons (Fsp3) is 0.350. The second-order valence-corrected chi connectivity index (χ2v) is 6.54. The van der Waals surface area contributed by atoms with Crippen LogP contribution in [-0.4, -0.2) is 26.7 Å². The van der Waals surface area contributed by atoms with E-state index in [1.807, 2.05) is 6.07 Å². The smallest absolute Gasteiger partial charge is 0.191 e. The zero-order valence-corrected chi connectivity index (χ0v) is 15.0. The van der Waals surface area contributed by atoms with Gasteiger partial charge in [-0.2, -0.15) is 0 Å². The highest BCUT2D eigenvalue weighted by Gasteiger charge is 2.44. The Balaban J connectivity index is 1.56. The summed E-state index contributed by atoms with van der Waals surface area (Å²) in [4.78, 5) is 4.20. The fourth-order valence-electron chi connectivity index (χ4n) is 3.02. The number of hydrogen-bond acceptors (Lipinski definition) is 2. The van der Waals surface area contributed by atoms with Gasteiger partial charge in [-0.15, -0.1) is 0 Å². The lowest BCUT2D eigenvalue weighted by Gasteiger charge is -2.19. The maximum atomic E-state index is 13.8. The Hall–Kier alpha value is -2.63. The number of benzene rings is 2. The van der Waals surface area contributed by atoms with E-state index in [-0.39, 0.29) is 17.0 Å². The molecule has 26 heavy (non-hydrogen) atoms. The number of ether oxygens (including phenoxy) is 1. The van der Waals surface area contributed by atoms with Gasteiger partial charge in [-0.1, -0.05) is 18.2 Å². The van der Waals surface area contributed by atoms with Crippen LogP contribution in [0.5, 0.6) is 5.75 Å². The highest BCUT2D eigenvalue weighted by atomic mass is 19.1. The first-order chi connectivity index (χ1) is 12.6. The second kappa shape index (κ2) is 7.72. The summed E-state index contributed by atoms with van der Waals surface area (Å²) in [5.74, 6) is 0.251. The van der Waals surface area contributed by atoms with Crippen LogP contribution < -0.4 is 15.4 Å². The molecule has 0 unspecified atom stereocenters. The Morgan fingerprint density at radius 2 is 1.96 bits per heavy atom. The van der Waals surface area contributed by atoms with Gasteiger partial charge in [0.15, 0.2) is 17.5 Å². The van der Waals surface area contributed by atoms with Crippen molar-refractivity contribution in [2.24, 2.45) is 4.99 Å². The molecular formula is C20H23F2N3O. The van der Waals surface area contributed by atoms with Crippen molar-refractivity contribution in [2.45, 2.75) is 24.8 Å². The Kier molecular flexibility index (Phi) is 5.40. The zero-order chi connectivity index (χ0) is 18.6. The Labute approximate surface area is 152 Å². The van der Waals surface area contributed by atoms with Crippen LogP contribution in [0.2, 0.25) is 0 Å². The van der Waals surface area contributed by atoms with Gasteiger partial charge >= 0.3 is 0 Å². The van der Waals surface area contributed by atoms with Crippen molar-refractivity contribution in [1.82, 2.24) is 10.6 Å². The van der Waals surface area contributed by atoms with Crippen LogP contribution in [-0.2, 0) is 12.0 Å². The molecule has 4 nitrogen and oxygen atoms in total. The minimum absolute atomic E-state index is 0.0358. The zero-order valence-electron chi connectivity index (χ0n) is 15.0. The van der Waals surface area contributed by atoms with Crippen molar-refractivity contribution in [3.05, 3.63) is 65.2 Å². The van der Waals surface area contributed by atoms with Gasteiger partial charge in [0.05, 0.1) is 7.11 Å². The molecular weight excluding hydrogens is 336 g/mol. The Bertz CT molecular complexity index is 803. The predicted octanol–water partition coefficient (Wildman–Crippen LogP) is 3.37. The maximum absolute atomic E-state index is 13.8. The summed E-state index contributed by atoms with van der Waals surface area (Å²) >= 11 is 0. The van der Waals surface area contributed by atoms with Crippen LogP contribution in [0, 0.1) is 11.6 Å². The first-order valence-corrected chi connectivity index (χ1v) is 8.59. The van der Waals surface area contributed by atoms with E-state index in [1.165, 1.54) is 19.2 Å². The molecule has 0 spiro atoms. The van der Waals surface area contributed by atoms with Gasteiger partial charge in [0.2, 0.25) is 0 Å². The second-order valence-electron chi connectivity index (χ2n) is 6.54. The van der Waals surface area contributed by atoms with Gasteiger partial charge in [0, 0.05) is 25.6 Å². The van der Waals surface area contributed by atoms with E-state index in [0.29, 0.717) is 19.0 Å². The van der Waals surface area contributed by atoms with Gasteiger partial charge in [-0.05, 0) is 48.2 Å². The van der Waals surface area contributed by atoms with Gasteiger partial charge in [0.1, 0.15) is 5.82 Å². The third-order valence-corrected chi connectivity index (χ3v) is 4.78. The van der Waals surface area contributed by atoms with E-state index in [2.05, 4.69) is 15.6 Å².